The average molecular weight is 279 g/mol. The van der Waals surface area contributed by atoms with Crippen LogP contribution in [0.2, 0.25) is 0 Å². The largest absolute Gasteiger partial charge is 0.384 e. The number of aliphatic hydroxyl groups is 1. The quantitative estimate of drug-likeness (QED) is 0.864. The van der Waals surface area contributed by atoms with Gasteiger partial charge in [-0.05, 0) is 61.8 Å². The Bertz CT molecular complexity index is 694. The molecule has 0 radical (unpaired) electrons. The maximum absolute atomic E-state index is 11.5. The Labute approximate surface area is 125 Å². The SMILES string of the molecule is Cc1ccc2c(c1)C(O)(C1CCCc3cccnc31)CC2. The molecule has 108 valence electrons. The summed E-state index contributed by atoms with van der Waals surface area (Å²) in [7, 11) is 0. The van der Waals surface area contributed by atoms with E-state index in [0.29, 0.717) is 0 Å². The van der Waals surface area contributed by atoms with Gasteiger partial charge < -0.3 is 5.11 Å². The summed E-state index contributed by atoms with van der Waals surface area (Å²) in [6.07, 6.45) is 6.95. The second-order valence-corrected chi connectivity index (χ2v) is 6.58. The predicted octanol–water partition coefficient (Wildman–Crippen LogP) is 3.64. The molecular weight excluding hydrogens is 258 g/mol. The molecule has 0 aliphatic heterocycles. The highest BCUT2D eigenvalue weighted by Gasteiger charge is 2.46. The van der Waals surface area contributed by atoms with Crippen LogP contribution in [0.4, 0.5) is 0 Å². The first kappa shape index (κ1) is 13.0. The van der Waals surface area contributed by atoms with Crippen LogP contribution in [0.5, 0.6) is 0 Å². The molecule has 0 bridgehead atoms. The lowest BCUT2D eigenvalue weighted by atomic mass is 9.73. The van der Waals surface area contributed by atoms with Crippen LogP contribution < -0.4 is 0 Å². The van der Waals surface area contributed by atoms with E-state index in [9.17, 15) is 5.11 Å². The highest BCUT2D eigenvalue weighted by molar-refractivity contribution is 5.44. The normalized spacial score (nSPS) is 27.2. The third-order valence-corrected chi connectivity index (χ3v) is 5.28. The summed E-state index contributed by atoms with van der Waals surface area (Å²) in [5.74, 6) is 0.144. The van der Waals surface area contributed by atoms with Gasteiger partial charge >= 0.3 is 0 Å². The molecule has 4 rings (SSSR count). The van der Waals surface area contributed by atoms with Gasteiger partial charge in [-0.2, -0.15) is 0 Å². The minimum atomic E-state index is -0.731. The van der Waals surface area contributed by atoms with Gasteiger partial charge in [-0.3, -0.25) is 4.98 Å². The van der Waals surface area contributed by atoms with Crippen molar-refractivity contribution in [2.45, 2.75) is 50.5 Å². The van der Waals surface area contributed by atoms with Crippen LogP contribution in [0.15, 0.2) is 36.5 Å². The van der Waals surface area contributed by atoms with E-state index in [0.717, 1.165) is 43.4 Å². The smallest absolute Gasteiger partial charge is 0.0985 e. The van der Waals surface area contributed by atoms with Crippen LogP contribution in [-0.4, -0.2) is 10.1 Å². The van der Waals surface area contributed by atoms with Crippen LogP contribution in [0.25, 0.3) is 0 Å². The number of rotatable bonds is 1. The second kappa shape index (κ2) is 4.67. The molecular formula is C19H21NO. The van der Waals surface area contributed by atoms with Gasteiger partial charge in [0.05, 0.1) is 5.60 Å². The Hall–Kier alpha value is -1.67. The number of pyridine rings is 1. The van der Waals surface area contributed by atoms with E-state index in [-0.39, 0.29) is 5.92 Å². The standard InChI is InChI=1S/C19H21NO/c1-13-7-8-14-9-10-19(21,17(14)12-13)16-6-2-4-15-5-3-11-20-18(15)16/h3,5,7-8,11-12,16,21H,2,4,6,9-10H2,1H3. The number of aromatic nitrogens is 1. The molecule has 1 N–H and O–H groups in total. The number of hydrogen-bond donors (Lipinski definition) is 1. The number of nitrogens with zero attached hydrogens (tertiary/aromatic N) is 1. The van der Waals surface area contributed by atoms with Crippen LogP contribution in [0.1, 0.15) is 53.1 Å². The van der Waals surface area contributed by atoms with E-state index in [4.69, 9.17) is 0 Å². The van der Waals surface area contributed by atoms with E-state index in [2.05, 4.69) is 36.2 Å². The molecule has 2 atom stereocenters. The molecule has 2 aromatic rings. The zero-order valence-electron chi connectivity index (χ0n) is 12.5. The van der Waals surface area contributed by atoms with Gasteiger partial charge in [0.25, 0.3) is 0 Å². The van der Waals surface area contributed by atoms with E-state index in [1.807, 2.05) is 12.3 Å². The zero-order chi connectivity index (χ0) is 14.4. The van der Waals surface area contributed by atoms with Gasteiger partial charge in [-0.25, -0.2) is 0 Å². The van der Waals surface area contributed by atoms with Crippen molar-refractivity contribution in [3.05, 3.63) is 64.5 Å². The first-order valence-corrected chi connectivity index (χ1v) is 7.95. The summed E-state index contributed by atoms with van der Waals surface area (Å²) in [5.41, 5.74) is 5.40. The van der Waals surface area contributed by atoms with Crippen molar-refractivity contribution in [2.24, 2.45) is 0 Å². The third-order valence-electron chi connectivity index (χ3n) is 5.28. The Balaban J connectivity index is 1.84. The molecule has 2 heteroatoms. The minimum Gasteiger partial charge on any atom is -0.384 e. The highest BCUT2D eigenvalue weighted by atomic mass is 16.3. The van der Waals surface area contributed by atoms with Gasteiger partial charge in [0.1, 0.15) is 0 Å². The molecule has 0 saturated heterocycles. The zero-order valence-corrected chi connectivity index (χ0v) is 12.5. The summed E-state index contributed by atoms with van der Waals surface area (Å²) >= 11 is 0. The topological polar surface area (TPSA) is 33.1 Å². The molecule has 2 unspecified atom stereocenters. The fourth-order valence-electron chi connectivity index (χ4n) is 4.21. The lowest BCUT2D eigenvalue weighted by molar-refractivity contribution is 0.00169. The summed E-state index contributed by atoms with van der Waals surface area (Å²) < 4.78 is 0. The average Bonchev–Trinajstić information content (AvgIpc) is 2.85. The fraction of sp³-hybridized carbons (Fsp3) is 0.421. The van der Waals surface area contributed by atoms with Crippen molar-refractivity contribution in [1.29, 1.82) is 0 Å². The molecule has 2 aliphatic carbocycles. The number of hydrogen-bond acceptors (Lipinski definition) is 2. The molecule has 1 aromatic heterocycles. The van der Waals surface area contributed by atoms with E-state index in [1.54, 1.807) is 0 Å². The minimum absolute atomic E-state index is 0.144. The molecule has 0 saturated carbocycles. The van der Waals surface area contributed by atoms with E-state index < -0.39 is 5.60 Å². The van der Waals surface area contributed by atoms with Gasteiger partial charge in [-0.1, -0.05) is 29.8 Å². The second-order valence-electron chi connectivity index (χ2n) is 6.58. The molecule has 0 spiro atoms. The van der Waals surface area contributed by atoms with Crippen molar-refractivity contribution in [3.8, 4) is 0 Å². The lowest BCUT2D eigenvalue weighted by Gasteiger charge is -2.37. The predicted molar refractivity (Wildman–Crippen MR) is 83.3 cm³/mol. The van der Waals surface area contributed by atoms with Crippen LogP contribution in [0, 0.1) is 6.92 Å². The third kappa shape index (κ3) is 1.93. The van der Waals surface area contributed by atoms with Crippen molar-refractivity contribution < 1.29 is 5.11 Å². The monoisotopic (exact) mass is 279 g/mol. The molecule has 0 fully saturated rings. The Kier molecular flexibility index (Phi) is 2.90. The van der Waals surface area contributed by atoms with Crippen molar-refractivity contribution >= 4 is 0 Å². The Morgan fingerprint density at radius 2 is 2.10 bits per heavy atom. The molecule has 1 aromatic carbocycles. The number of fused-ring (bicyclic) bond motifs is 2. The van der Waals surface area contributed by atoms with Crippen LogP contribution in [0.3, 0.4) is 0 Å². The maximum Gasteiger partial charge on any atom is 0.0985 e. The van der Waals surface area contributed by atoms with Gasteiger partial charge in [0.15, 0.2) is 0 Å². The van der Waals surface area contributed by atoms with Gasteiger partial charge in [0.2, 0.25) is 0 Å². The maximum atomic E-state index is 11.5. The first-order chi connectivity index (χ1) is 10.2. The van der Waals surface area contributed by atoms with Crippen molar-refractivity contribution in [3.63, 3.8) is 0 Å². The fourth-order valence-corrected chi connectivity index (χ4v) is 4.21. The summed E-state index contributed by atoms with van der Waals surface area (Å²) in [4.78, 5) is 4.63. The molecule has 2 aliphatic rings. The van der Waals surface area contributed by atoms with Gasteiger partial charge in [0, 0.05) is 17.8 Å². The molecule has 21 heavy (non-hydrogen) atoms. The van der Waals surface area contributed by atoms with E-state index >= 15 is 0 Å². The Morgan fingerprint density at radius 1 is 1.19 bits per heavy atom. The van der Waals surface area contributed by atoms with E-state index in [1.165, 1.54) is 16.7 Å². The number of benzene rings is 1. The van der Waals surface area contributed by atoms with Gasteiger partial charge in [-0.15, -0.1) is 0 Å². The lowest BCUT2D eigenvalue weighted by Crippen LogP contribution is -2.34. The van der Waals surface area contributed by atoms with Crippen molar-refractivity contribution in [1.82, 2.24) is 4.98 Å². The summed E-state index contributed by atoms with van der Waals surface area (Å²) in [5, 5.41) is 11.5. The summed E-state index contributed by atoms with van der Waals surface area (Å²) in [6.45, 7) is 2.10. The first-order valence-electron chi connectivity index (χ1n) is 7.95. The summed E-state index contributed by atoms with van der Waals surface area (Å²) in [6, 6.07) is 10.7. The number of aryl methyl sites for hydroxylation is 3. The Morgan fingerprint density at radius 3 is 3.00 bits per heavy atom. The molecule has 0 amide bonds. The van der Waals surface area contributed by atoms with Crippen LogP contribution in [-0.2, 0) is 18.4 Å². The van der Waals surface area contributed by atoms with Crippen molar-refractivity contribution in [2.75, 3.05) is 0 Å². The molecule has 1 heterocycles. The molecule has 2 nitrogen and oxygen atoms in total. The highest BCUT2D eigenvalue weighted by Crippen LogP contribution is 2.50. The van der Waals surface area contributed by atoms with Crippen LogP contribution >= 0.6 is 0 Å².